The third-order valence-corrected chi connectivity index (χ3v) is 2.24. The molecule has 1 aromatic rings. The summed E-state index contributed by atoms with van der Waals surface area (Å²) in [6.07, 6.45) is 0. The first-order valence-electron chi connectivity index (χ1n) is 3.88. The Labute approximate surface area is 90.1 Å². The van der Waals surface area contributed by atoms with E-state index in [0.29, 0.717) is 11.4 Å². The lowest BCUT2D eigenvalue weighted by Crippen LogP contribution is -2.12. The van der Waals surface area contributed by atoms with E-state index in [1.54, 1.807) is 18.2 Å². The fourth-order valence-corrected chi connectivity index (χ4v) is 1.16. The van der Waals surface area contributed by atoms with Gasteiger partial charge in [-0.05, 0) is 34.1 Å². The van der Waals surface area contributed by atoms with E-state index in [0.717, 1.165) is 4.47 Å². The number of carbonyl (C=O) groups is 1. The highest BCUT2D eigenvalue weighted by Crippen LogP contribution is 2.24. The van der Waals surface area contributed by atoms with Crippen LogP contribution in [0, 0.1) is 0 Å². The maximum atomic E-state index is 10.8. The summed E-state index contributed by atoms with van der Waals surface area (Å²) in [6, 6.07) is 5.07. The van der Waals surface area contributed by atoms with Crippen LogP contribution in [0.1, 0.15) is 0 Å². The van der Waals surface area contributed by atoms with Crippen molar-refractivity contribution in [1.29, 1.82) is 0 Å². The molecule has 0 atom stereocenters. The summed E-state index contributed by atoms with van der Waals surface area (Å²) < 4.78 is 10.3. The lowest BCUT2D eigenvalue weighted by atomic mass is 10.3. The van der Waals surface area contributed by atoms with Crippen LogP contribution in [-0.2, 0) is 9.53 Å². The molecule has 0 bridgehead atoms. The van der Waals surface area contributed by atoms with Crippen LogP contribution >= 0.6 is 15.9 Å². The summed E-state index contributed by atoms with van der Waals surface area (Å²) >= 11 is 3.25. The molecule has 14 heavy (non-hydrogen) atoms. The summed E-state index contributed by atoms with van der Waals surface area (Å²) in [6.45, 7) is -0.104. The zero-order chi connectivity index (χ0) is 10.6. The predicted octanol–water partition coefficient (Wildman–Crippen LogP) is 1.58. The molecule has 0 fully saturated rings. The van der Waals surface area contributed by atoms with Crippen molar-refractivity contribution in [2.24, 2.45) is 0 Å². The number of carbonyl (C=O) groups excluding carboxylic acids is 1. The number of ether oxygens (including phenoxy) is 2. The first-order chi connectivity index (χ1) is 6.63. The van der Waals surface area contributed by atoms with Crippen LogP contribution in [-0.4, -0.2) is 19.7 Å². The van der Waals surface area contributed by atoms with Gasteiger partial charge in [0.05, 0.1) is 7.11 Å². The Bertz CT molecular complexity index is 341. The molecule has 1 rings (SSSR count). The van der Waals surface area contributed by atoms with Crippen molar-refractivity contribution in [3.63, 3.8) is 0 Å². The monoisotopic (exact) mass is 259 g/mol. The minimum atomic E-state index is -0.419. The second kappa shape index (κ2) is 4.85. The number of anilines is 1. The van der Waals surface area contributed by atoms with Gasteiger partial charge in [-0.3, -0.25) is 0 Å². The fraction of sp³-hybridized carbons (Fsp3) is 0.222. The van der Waals surface area contributed by atoms with E-state index >= 15 is 0 Å². The van der Waals surface area contributed by atoms with Gasteiger partial charge in [0.1, 0.15) is 5.75 Å². The van der Waals surface area contributed by atoms with Crippen LogP contribution in [0.4, 0.5) is 5.69 Å². The van der Waals surface area contributed by atoms with Crippen LogP contribution in [0.5, 0.6) is 5.75 Å². The van der Waals surface area contributed by atoms with E-state index in [9.17, 15) is 4.79 Å². The van der Waals surface area contributed by atoms with Gasteiger partial charge < -0.3 is 15.2 Å². The van der Waals surface area contributed by atoms with Gasteiger partial charge in [0.2, 0.25) is 0 Å². The number of esters is 1. The van der Waals surface area contributed by atoms with Crippen LogP contribution < -0.4 is 10.5 Å². The number of hydrogen-bond acceptors (Lipinski definition) is 4. The molecule has 2 N–H and O–H groups in total. The van der Waals surface area contributed by atoms with Gasteiger partial charge in [-0.25, -0.2) is 4.79 Å². The number of rotatable bonds is 3. The molecule has 4 nitrogen and oxygen atoms in total. The number of nitrogen functional groups attached to an aromatic ring is 1. The number of benzene rings is 1. The first kappa shape index (κ1) is 10.8. The molecule has 0 aliphatic heterocycles. The van der Waals surface area contributed by atoms with Gasteiger partial charge >= 0.3 is 5.97 Å². The zero-order valence-corrected chi connectivity index (χ0v) is 9.21. The molecule has 76 valence electrons. The van der Waals surface area contributed by atoms with Gasteiger partial charge in [0.15, 0.2) is 6.61 Å². The molecule has 0 saturated heterocycles. The van der Waals surface area contributed by atoms with Crippen LogP contribution in [0.25, 0.3) is 0 Å². The molecule has 0 saturated carbocycles. The van der Waals surface area contributed by atoms with E-state index in [2.05, 4.69) is 20.7 Å². The Morgan fingerprint density at radius 3 is 2.86 bits per heavy atom. The molecular weight excluding hydrogens is 250 g/mol. The van der Waals surface area contributed by atoms with Crippen molar-refractivity contribution < 1.29 is 14.3 Å². The van der Waals surface area contributed by atoms with Crippen LogP contribution in [0.2, 0.25) is 0 Å². The van der Waals surface area contributed by atoms with Gasteiger partial charge in [-0.15, -0.1) is 0 Å². The normalized spacial score (nSPS) is 9.57. The Kier molecular flexibility index (Phi) is 3.76. The minimum Gasteiger partial charge on any atom is -0.482 e. The van der Waals surface area contributed by atoms with Crippen molar-refractivity contribution in [2.75, 3.05) is 19.5 Å². The Morgan fingerprint density at radius 1 is 1.57 bits per heavy atom. The summed E-state index contributed by atoms with van der Waals surface area (Å²) in [5, 5.41) is 0. The fourth-order valence-electron chi connectivity index (χ4n) is 0.799. The molecule has 0 aliphatic carbocycles. The molecule has 0 amide bonds. The lowest BCUT2D eigenvalue weighted by molar-refractivity contribution is -0.142. The van der Waals surface area contributed by atoms with E-state index in [1.807, 2.05) is 0 Å². The van der Waals surface area contributed by atoms with Gasteiger partial charge in [-0.1, -0.05) is 0 Å². The Balaban J connectivity index is 2.60. The number of hydrogen-bond donors (Lipinski definition) is 1. The molecule has 0 aliphatic rings. The second-order valence-corrected chi connectivity index (χ2v) is 3.40. The van der Waals surface area contributed by atoms with Crippen molar-refractivity contribution in [3.05, 3.63) is 22.7 Å². The number of halogens is 1. The molecule has 0 unspecified atom stereocenters. The van der Waals surface area contributed by atoms with Crippen LogP contribution in [0.15, 0.2) is 22.7 Å². The highest BCUT2D eigenvalue weighted by Gasteiger charge is 2.03. The number of nitrogens with two attached hydrogens (primary N) is 1. The van der Waals surface area contributed by atoms with E-state index in [4.69, 9.17) is 10.5 Å². The Hall–Kier alpha value is -1.23. The van der Waals surface area contributed by atoms with Gasteiger partial charge in [-0.2, -0.15) is 0 Å². The summed E-state index contributed by atoms with van der Waals surface area (Å²) in [7, 11) is 1.31. The zero-order valence-electron chi connectivity index (χ0n) is 7.62. The SMILES string of the molecule is COC(=O)COc1ccc(N)c(Br)c1. The molecule has 0 radical (unpaired) electrons. The molecular formula is C9H10BrNO3. The average molecular weight is 260 g/mol. The minimum absolute atomic E-state index is 0.104. The highest BCUT2D eigenvalue weighted by atomic mass is 79.9. The lowest BCUT2D eigenvalue weighted by Gasteiger charge is -2.05. The van der Waals surface area contributed by atoms with E-state index in [1.165, 1.54) is 7.11 Å². The summed E-state index contributed by atoms with van der Waals surface area (Å²) in [5.41, 5.74) is 6.20. The van der Waals surface area contributed by atoms with Crippen molar-refractivity contribution in [2.45, 2.75) is 0 Å². The predicted molar refractivity (Wildman–Crippen MR) is 56.1 cm³/mol. The molecule has 0 heterocycles. The van der Waals surface area contributed by atoms with Gasteiger partial charge in [0.25, 0.3) is 0 Å². The topological polar surface area (TPSA) is 61.5 Å². The summed E-state index contributed by atoms with van der Waals surface area (Å²) in [5.74, 6) is 0.148. The highest BCUT2D eigenvalue weighted by molar-refractivity contribution is 9.10. The van der Waals surface area contributed by atoms with E-state index < -0.39 is 5.97 Å². The third-order valence-electron chi connectivity index (χ3n) is 1.56. The van der Waals surface area contributed by atoms with Gasteiger partial charge in [0, 0.05) is 10.2 Å². The quantitative estimate of drug-likeness (QED) is 0.662. The smallest absolute Gasteiger partial charge is 0.343 e. The first-order valence-corrected chi connectivity index (χ1v) is 4.67. The summed E-state index contributed by atoms with van der Waals surface area (Å²) in [4.78, 5) is 10.8. The second-order valence-electron chi connectivity index (χ2n) is 2.55. The van der Waals surface area contributed by atoms with Crippen LogP contribution in [0.3, 0.4) is 0 Å². The third kappa shape index (κ3) is 2.92. The largest absolute Gasteiger partial charge is 0.482 e. The molecule has 1 aromatic carbocycles. The van der Waals surface area contributed by atoms with Crippen molar-refractivity contribution >= 4 is 27.6 Å². The Morgan fingerprint density at radius 2 is 2.29 bits per heavy atom. The van der Waals surface area contributed by atoms with Crippen molar-refractivity contribution in [3.8, 4) is 5.75 Å². The van der Waals surface area contributed by atoms with E-state index in [-0.39, 0.29) is 6.61 Å². The molecule has 5 heteroatoms. The molecule has 0 aromatic heterocycles. The average Bonchev–Trinajstić information content (AvgIpc) is 2.19. The maximum absolute atomic E-state index is 10.8. The number of methoxy groups -OCH3 is 1. The standard InChI is InChI=1S/C9H10BrNO3/c1-13-9(12)5-14-6-2-3-8(11)7(10)4-6/h2-4H,5,11H2,1H3. The van der Waals surface area contributed by atoms with Crippen molar-refractivity contribution in [1.82, 2.24) is 0 Å². The maximum Gasteiger partial charge on any atom is 0.343 e. The molecule has 0 spiro atoms.